The molecule has 0 radical (unpaired) electrons. The van der Waals surface area contributed by atoms with E-state index < -0.39 is 0 Å². The Morgan fingerprint density at radius 3 is 2.10 bits per heavy atom. The number of rotatable bonds is 6. The Kier molecular flexibility index (Phi) is 5.49. The minimum Gasteiger partial charge on any atom is -0.288 e. The van der Waals surface area contributed by atoms with Gasteiger partial charge in [-0.25, -0.2) is 0 Å². The van der Waals surface area contributed by atoms with Gasteiger partial charge >= 0.3 is 0 Å². The maximum absolute atomic E-state index is 4.47. The molecule has 0 aliphatic carbocycles. The fraction of sp³-hybridized carbons (Fsp3) is 0.208. The molecule has 0 N–H and O–H groups in total. The topological polar surface area (TPSA) is 46.8 Å². The molecule has 0 fully saturated rings. The van der Waals surface area contributed by atoms with Crippen molar-refractivity contribution in [1.82, 2.24) is 25.1 Å². The molecule has 0 saturated carbocycles. The van der Waals surface area contributed by atoms with Crippen LogP contribution < -0.4 is 0 Å². The van der Waals surface area contributed by atoms with Crippen LogP contribution >= 0.6 is 0 Å². The molecule has 5 heteroatoms. The lowest BCUT2D eigenvalue weighted by molar-refractivity contribution is 0.258. The zero-order valence-corrected chi connectivity index (χ0v) is 17.0. The summed E-state index contributed by atoms with van der Waals surface area (Å²) in [5.74, 6) is 0.812. The Hall–Kier alpha value is -3.31. The molecule has 4 rings (SSSR count). The molecule has 3 aromatic carbocycles. The van der Waals surface area contributed by atoms with Gasteiger partial charge in [-0.15, -0.1) is 5.10 Å². The molecule has 4 aromatic rings. The minimum atomic E-state index is -0.0783. The van der Waals surface area contributed by atoms with Crippen molar-refractivity contribution in [2.45, 2.75) is 26.4 Å². The van der Waals surface area contributed by atoms with E-state index >= 15 is 0 Å². The van der Waals surface area contributed by atoms with Gasteiger partial charge in [-0.05, 0) is 53.6 Å². The van der Waals surface area contributed by atoms with Crippen LogP contribution in [0.3, 0.4) is 0 Å². The van der Waals surface area contributed by atoms with Crippen molar-refractivity contribution in [2.24, 2.45) is 0 Å². The number of nitrogens with zero attached hydrogens (tertiary/aromatic N) is 5. The van der Waals surface area contributed by atoms with Crippen molar-refractivity contribution < 1.29 is 0 Å². The molecule has 0 spiro atoms. The Bertz CT molecular complexity index is 1050. The van der Waals surface area contributed by atoms with Crippen LogP contribution in [0.4, 0.5) is 0 Å². The lowest BCUT2D eigenvalue weighted by Crippen LogP contribution is -2.28. The average Bonchev–Trinajstić information content (AvgIpc) is 3.18. The molecule has 0 saturated heterocycles. The van der Waals surface area contributed by atoms with Gasteiger partial charge < -0.3 is 0 Å². The van der Waals surface area contributed by atoms with Crippen LogP contribution in [0.2, 0.25) is 0 Å². The third-order valence-electron chi connectivity index (χ3n) is 5.22. The van der Waals surface area contributed by atoms with E-state index in [4.69, 9.17) is 0 Å². The van der Waals surface area contributed by atoms with E-state index in [9.17, 15) is 0 Å². The predicted octanol–water partition coefficient (Wildman–Crippen LogP) is 4.50. The van der Waals surface area contributed by atoms with Gasteiger partial charge in [0, 0.05) is 6.54 Å². The molecule has 0 bridgehead atoms. The summed E-state index contributed by atoms with van der Waals surface area (Å²) in [6.45, 7) is 4.98. The highest BCUT2D eigenvalue weighted by Crippen LogP contribution is 2.30. The van der Waals surface area contributed by atoms with Crippen LogP contribution in [0.25, 0.3) is 5.69 Å². The Morgan fingerprint density at radius 1 is 0.828 bits per heavy atom. The largest absolute Gasteiger partial charge is 0.288 e. The summed E-state index contributed by atoms with van der Waals surface area (Å²) >= 11 is 0. The molecule has 0 amide bonds. The number of benzene rings is 3. The number of hydrogen-bond donors (Lipinski definition) is 0. The van der Waals surface area contributed by atoms with Crippen molar-refractivity contribution >= 4 is 0 Å². The summed E-state index contributed by atoms with van der Waals surface area (Å²) in [6, 6.07) is 27.1. The van der Waals surface area contributed by atoms with Crippen LogP contribution in [0.5, 0.6) is 0 Å². The normalized spacial score (nSPS) is 12.3. The molecule has 29 heavy (non-hydrogen) atoms. The third kappa shape index (κ3) is 3.96. The minimum absolute atomic E-state index is 0.0783. The zero-order valence-electron chi connectivity index (χ0n) is 17.0. The molecule has 5 nitrogen and oxygen atoms in total. The molecule has 1 heterocycles. The van der Waals surface area contributed by atoms with E-state index in [0.717, 1.165) is 34.7 Å². The first-order valence-corrected chi connectivity index (χ1v) is 9.79. The Labute approximate surface area is 171 Å². The molecular weight excluding hydrogens is 358 g/mol. The van der Waals surface area contributed by atoms with Gasteiger partial charge in [0.25, 0.3) is 0 Å². The highest BCUT2D eigenvalue weighted by atomic mass is 15.6. The molecular formula is C24H25N5. The highest BCUT2D eigenvalue weighted by molar-refractivity contribution is 5.47. The van der Waals surface area contributed by atoms with Crippen molar-refractivity contribution in [3.8, 4) is 5.69 Å². The van der Waals surface area contributed by atoms with Crippen LogP contribution in [0.1, 0.15) is 34.1 Å². The first-order chi connectivity index (χ1) is 14.1. The smallest absolute Gasteiger partial charge is 0.178 e. The maximum Gasteiger partial charge on any atom is 0.178 e. The highest BCUT2D eigenvalue weighted by Gasteiger charge is 2.27. The van der Waals surface area contributed by atoms with Gasteiger partial charge in [0.2, 0.25) is 0 Å². The second kappa shape index (κ2) is 8.37. The number of para-hydroxylation sites is 1. The van der Waals surface area contributed by atoms with E-state index in [1.165, 1.54) is 5.56 Å². The van der Waals surface area contributed by atoms with Crippen LogP contribution in [0, 0.1) is 13.8 Å². The van der Waals surface area contributed by atoms with Gasteiger partial charge in [-0.1, -0.05) is 78.9 Å². The maximum atomic E-state index is 4.47. The number of tetrazole rings is 1. The van der Waals surface area contributed by atoms with Crippen LogP contribution in [-0.4, -0.2) is 32.2 Å². The average molecular weight is 383 g/mol. The molecule has 0 aliphatic heterocycles. The second-order valence-electron chi connectivity index (χ2n) is 7.40. The first kappa shape index (κ1) is 19.0. The Balaban J connectivity index is 1.80. The van der Waals surface area contributed by atoms with E-state index in [0.29, 0.717) is 0 Å². The van der Waals surface area contributed by atoms with Crippen molar-refractivity contribution in [2.75, 3.05) is 7.05 Å². The molecule has 1 atom stereocenters. The van der Waals surface area contributed by atoms with Gasteiger partial charge in [-0.3, -0.25) is 4.90 Å². The van der Waals surface area contributed by atoms with Crippen molar-refractivity contribution in [1.29, 1.82) is 0 Å². The summed E-state index contributed by atoms with van der Waals surface area (Å²) in [6.07, 6.45) is 0. The van der Waals surface area contributed by atoms with Crippen LogP contribution in [0.15, 0.2) is 78.9 Å². The lowest BCUT2D eigenvalue weighted by atomic mass is 10.0. The number of aromatic nitrogens is 4. The molecule has 0 unspecified atom stereocenters. The summed E-state index contributed by atoms with van der Waals surface area (Å²) in [5.41, 5.74) is 5.75. The fourth-order valence-corrected chi connectivity index (χ4v) is 3.86. The summed E-state index contributed by atoms with van der Waals surface area (Å²) in [4.78, 5) is 2.29. The van der Waals surface area contributed by atoms with E-state index in [2.05, 4.69) is 108 Å². The first-order valence-electron chi connectivity index (χ1n) is 9.79. The van der Waals surface area contributed by atoms with Gasteiger partial charge in [-0.2, -0.15) is 4.68 Å². The summed E-state index contributed by atoms with van der Waals surface area (Å²) < 4.78 is 1.89. The Morgan fingerprint density at radius 2 is 1.45 bits per heavy atom. The number of hydrogen-bond acceptors (Lipinski definition) is 4. The summed E-state index contributed by atoms with van der Waals surface area (Å²) in [5, 5.41) is 12.9. The SMILES string of the molecule is Cc1cccc(C)c1-n1nnnc1[C@@H](c1ccccc1)N(C)Cc1ccccc1. The standard InChI is InChI=1S/C24H25N5/c1-18-11-10-12-19(2)22(18)29-24(25-26-27-29)23(21-15-8-5-9-16-21)28(3)17-20-13-6-4-7-14-20/h4-16,23H,17H2,1-3H3/t23-/m1/s1. The van der Waals surface area contributed by atoms with Crippen molar-refractivity contribution in [3.63, 3.8) is 0 Å². The monoisotopic (exact) mass is 383 g/mol. The zero-order chi connectivity index (χ0) is 20.2. The van der Waals surface area contributed by atoms with Gasteiger partial charge in [0.15, 0.2) is 5.82 Å². The van der Waals surface area contributed by atoms with Gasteiger partial charge in [0.1, 0.15) is 0 Å². The van der Waals surface area contributed by atoms with E-state index in [1.807, 2.05) is 16.8 Å². The second-order valence-corrected chi connectivity index (χ2v) is 7.40. The molecule has 146 valence electrons. The quantitative estimate of drug-likeness (QED) is 0.492. The van der Waals surface area contributed by atoms with Crippen molar-refractivity contribution in [3.05, 3.63) is 107 Å². The fourth-order valence-electron chi connectivity index (χ4n) is 3.86. The van der Waals surface area contributed by atoms with Gasteiger partial charge in [0.05, 0.1) is 11.7 Å². The van der Waals surface area contributed by atoms with E-state index in [1.54, 1.807) is 0 Å². The van der Waals surface area contributed by atoms with Crippen LogP contribution in [-0.2, 0) is 6.54 Å². The number of aryl methyl sites for hydroxylation is 2. The molecule has 1 aromatic heterocycles. The third-order valence-corrected chi connectivity index (χ3v) is 5.22. The predicted molar refractivity (Wildman–Crippen MR) is 115 cm³/mol. The lowest BCUT2D eigenvalue weighted by Gasteiger charge is -2.28. The molecule has 0 aliphatic rings. The summed E-state index contributed by atoms with van der Waals surface area (Å²) in [7, 11) is 2.12. The van der Waals surface area contributed by atoms with E-state index in [-0.39, 0.29) is 6.04 Å².